The molecule has 0 aromatic rings. The summed E-state index contributed by atoms with van der Waals surface area (Å²) in [5.41, 5.74) is -0.909. The van der Waals surface area contributed by atoms with Crippen molar-refractivity contribution in [1.82, 2.24) is 0 Å². The van der Waals surface area contributed by atoms with E-state index in [1.54, 1.807) is 0 Å². The summed E-state index contributed by atoms with van der Waals surface area (Å²) in [7, 11) is 0. The van der Waals surface area contributed by atoms with Crippen LogP contribution in [0.2, 0.25) is 0 Å². The first-order valence-corrected chi connectivity index (χ1v) is 5.11. The van der Waals surface area contributed by atoms with Crippen LogP contribution < -0.4 is 0 Å². The number of carbonyl (C=O) groups excluding carboxylic acids is 1. The van der Waals surface area contributed by atoms with Crippen LogP contribution in [0.25, 0.3) is 0 Å². The summed E-state index contributed by atoms with van der Waals surface area (Å²) in [4.78, 5) is 11.7. The van der Waals surface area contributed by atoms with Crippen LogP contribution in [0.3, 0.4) is 0 Å². The van der Waals surface area contributed by atoms with Crippen LogP contribution >= 0.6 is 0 Å². The van der Waals surface area contributed by atoms with E-state index in [-0.39, 0.29) is 11.4 Å². The molecular formula is C12H24O2. The van der Waals surface area contributed by atoms with Gasteiger partial charge in [-0.1, -0.05) is 20.8 Å². The molecule has 0 aromatic heterocycles. The molecule has 0 aliphatic heterocycles. The Bertz CT molecular complexity index is 213. The zero-order valence-corrected chi connectivity index (χ0v) is 10.8. The number of carbonyl (C=O) groups is 1. The van der Waals surface area contributed by atoms with Crippen LogP contribution in [-0.4, -0.2) is 11.6 Å². The lowest BCUT2D eigenvalue weighted by Gasteiger charge is -2.39. The largest absolute Gasteiger partial charge is 0.459 e. The molecule has 0 aliphatic carbocycles. The van der Waals surface area contributed by atoms with Gasteiger partial charge >= 0.3 is 5.97 Å². The maximum absolute atomic E-state index is 11.7. The second kappa shape index (κ2) is 3.56. The summed E-state index contributed by atoms with van der Waals surface area (Å²) >= 11 is 0. The van der Waals surface area contributed by atoms with Gasteiger partial charge in [0.1, 0.15) is 5.60 Å². The molecular weight excluding hydrogens is 176 g/mol. The first-order chi connectivity index (χ1) is 5.88. The highest BCUT2D eigenvalue weighted by Crippen LogP contribution is 2.34. The van der Waals surface area contributed by atoms with Gasteiger partial charge in [0.15, 0.2) is 0 Å². The molecule has 0 amide bonds. The quantitative estimate of drug-likeness (QED) is 0.606. The van der Waals surface area contributed by atoms with Crippen LogP contribution in [0.5, 0.6) is 0 Å². The van der Waals surface area contributed by atoms with Crippen molar-refractivity contribution in [1.29, 1.82) is 0 Å². The maximum Gasteiger partial charge on any atom is 0.311 e. The maximum atomic E-state index is 11.7. The van der Waals surface area contributed by atoms with Crippen molar-refractivity contribution >= 4 is 5.97 Å². The average molecular weight is 200 g/mol. The average Bonchev–Trinajstić information content (AvgIpc) is 1.80. The molecule has 0 unspecified atom stereocenters. The van der Waals surface area contributed by atoms with Crippen LogP contribution in [0.1, 0.15) is 55.4 Å². The summed E-state index contributed by atoms with van der Waals surface area (Å²) in [5.74, 6) is -0.141. The Labute approximate surface area is 88.0 Å². The Hall–Kier alpha value is -0.530. The summed E-state index contributed by atoms with van der Waals surface area (Å²) in [6.45, 7) is 15.7. The van der Waals surface area contributed by atoms with Gasteiger partial charge in [-0.3, -0.25) is 4.79 Å². The molecule has 2 nitrogen and oxygen atoms in total. The first kappa shape index (κ1) is 13.5. The third-order valence-corrected chi connectivity index (χ3v) is 2.77. The third kappa shape index (κ3) is 3.32. The van der Waals surface area contributed by atoms with Gasteiger partial charge in [-0.05, 0) is 34.6 Å². The summed E-state index contributed by atoms with van der Waals surface area (Å²) in [6, 6.07) is 0. The van der Waals surface area contributed by atoms with Gasteiger partial charge in [-0.15, -0.1) is 0 Å². The zero-order chi connectivity index (χ0) is 11.8. The fourth-order valence-electron chi connectivity index (χ4n) is 0.538. The van der Waals surface area contributed by atoms with E-state index in [4.69, 9.17) is 4.74 Å². The van der Waals surface area contributed by atoms with Crippen LogP contribution in [0, 0.1) is 10.8 Å². The molecule has 0 bridgehead atoms. The van der Waals surface area contributed by atoms with Gasteiger partial charge in [0.05, 0.1) is 5.41 Å². The van der Waals surface area contributed by atoms with Crippen LogP contribution in [-0.2, 0) is 9.53 Å². The second-order valence-corrected chi connectivity index (χ2v) is 6.40. The molecule has 0 heterocycles. The minimum absolute atomic E-state index is 0.0477. The molecule has 0 aliphatic rings. The second-order valence-electron chi connectivity index (χ2n) is 6.40. The number of hydrogen-bond donors (Lipinski definition) is 0. The van der Waals surface area contributed by atoms with E-state index in [1.165, 1.54) is 0 Å². The van der Waals surface area contributed by atoms with Gasteiger partial charge < -0.3 is 4.74 Å². The van der Waals surface area contributed by atoms with Crippen LogP contribution in [0.4, 0.5) is 0 Å². The van der Waals surface area contributed by atoms with Crippen LogP contribution in [0.15, 0.2) is 0 Å². The number of esters is 1. The highest BCUT2D eigenvalue weighted by molar-refractivity contribution is 5.75. The highest BCUT2D eigenvalue weighted by atomic mass is 16.6. The molecule has 0 rings (SSSR count). The fraction of sp³-hybridized carbons (Fsp3) is 0.917. The number of rotatable bonds is 1. The Morgan fingerprint density at radius 3 is 1.43 bits per heavy atom. The van der Waals surface area contributed by atoms with Crippen molar-refractivity contribution < 1.29 is 9.53 Å². The molecule has 0 N–H and O–H groups in total. The van der Waals surface area contributed by atoms with Crippen molar-refractivity contribution in [3.63, 3.8) is 0 Å². The monoisotopic (exact) mass is 200 g/mol. The minimum atomic E-state index is -0.433. The lowest BCUT2D eigenvalue weighted by Crippen LogP contribution is -2.43. The van der Waals surface area contributed by atoms with E-state index < -0.39 is 11.0 Å². The molecule has 0 spiro atoms. The van der Waals surface area contributed by atoms with Crippen molar-refractivity contribution in [2.24, 2.45) is 10.8 Å². The smallest absolute Gasteiger partial charge is 0.311 e. The lowest BCUT2D eigenvalue weighted by molar-refractivity contribution is -0.176. The molecule has 0 atom stereocenters. The van der Waals surface area contributed by atoms with Crippen molar-refractivity contribution in [3.05, 3.63) is 0 Å². The number of ether oxygens (including phenoxy) is 1. The van der Waals surface area contributed by atoms with E-state index in [2.05, 4.69) is 20.8 Å². The van der Waals surface area contributed by atoms with Gasteiger partial charge in [-0.25, -0.2) is 0 Å². The lowest BCUT2D eigenvalue weighted by atomic mass is 9.79. The summed E-state index contributed by atoms with van der Waals surface area (Å²) in [6.07, 6.45) is 0. The van der Waals surface area contributed by atoms with E-state index in [0.29, 0.717) is 0 Å². The topological polar surface area (TPSA) is 26.3 Å². The Morgan fingerprint density at radius 2 is 1.21 bits per heavy atom. The van der Waals surface area contributed by atoms with E-state index in [9.17, 15) is 4.79 Å². The molecule has 14 heavy (non-hydrogen) atoms. The highest BCUT2D eigenvalue weighted by Gasteiger charge is 2.39. The predicted octanol–water partition coefficient (Wildman–Crippen LogP) is 3.40. The molecule has 0 saturated carbocycles. The van der Waals surface area contributed by atoms with Crippen molar-refractivity contribution in [2.45, 2.75) is 61.0 Å². The van der Waals surface area contributed by atoms with Gasteiger partial charge in [-0.2, -0.15) is 0 Å². The Kier molecular flexibility index (Phi) is 3.42. The first-order valence-electron chi connectivity index (χ1n) is 5.11. The van der Waals surface area contributed by atoms with Gasteiger partial charge in [0.25, 0.3) is 0 Å². The fourth-order valence-corrected chi connectivity index (χ4v) is 0.538. The standard InChI is InChI=1S/C12H24O2/c1-10(2,3)9(13)14-12(7,8)11(4,5)6/h1-8H3. The van der Waals surface area contributed by atoms with E-state index in [0.717, 1.165) is 0 Å². The summed E-state index contributed by atoms with van der Waals surface area (Å²) < 4.78 is 5.53. The number of hydrogen-bond acceptors (Lipinski definition) is 2. The minimum Gasteiger partial charge on any atom is -0.459 e. The van der Waals surface area contributed by atoms with Crippen molar-refractivity contribution in [3.8, 4) is 0 Å². The molecule has 0 aromatic carbocycles. The van der Waals surface area contributed by atoms with E-state index >= 15 is 0 Å². The molecule has 0 radical (unpaired) electrons. The van der Waals surface area contributed by atoms with Gasteiger partial charge in [0.2, 0.25) is 0 Å². The molecule has 0 saturated heterocycles. The van der Waals surface area contributed by atoms with Gasteiger partial charge in [0, 0.05) is 5.41 Å². The summed E-state index contributed by atoms with van der Waals surface area (Å²) in [5, 5.41) is 0. The molecule has 0 fully saturated rings. The zero-order valence-electron chi connectivity index (χ0n) is 10.8. The third-order valence-electron chi connectivity index (χ3n) is 2.77. The predicted molar refractivity (Wildman–Crippen MR) is 59.1 cm³/mol. The van der Waals surface area contributed by atoms with Crippen molar-refractivity contribution in [2.75, 3.05) is 0 Å². The normalized spacial score (nSPS) is 14.0. The Morgan fingerprint density at radius 1 is 0.857 bits per heavy atom. The molecule has 84 valence electrons. The molecule has 2 heteroatoms. The Balaban J connectivity index is 4.62. The van der Waals surface area contributed by atoms with E-state index in [1.807, 2.05) is 34.6 Å². The SMILES string of the molecule is CC(C)(C)C(=O)OC(C)(C)C(C)(C)C.